The molecule has 17 heteroatoms. The van der Waals surface area contributed by atoms with E-state index in [2.05, 4.69) is 15.4 Å². The van der Waals surface area contributed by atoms with E-state index in [-0.39, 0.29) is 11.5 Å². The van der Waals surface area contributed by atoms with Gasteiger partial charge in [0.15, 0.2) is 12.4 Å². The van der Waals surface area contributed by atoms with Crippen LogP contribution < -0.4 is 19.7 Å². The maximum atomic E-state index is 14.4. The first-order chi connectivity index (χ1) is 22.7. The van der Waals surface area contributed by atoms with Gasteiger partial charge < -0.3 is 43.4 Å². The summed E-state index contributed by atoms with van der Waals surface area (Å²) >= 11 is 0. The summed E-state index contributed by atoms with van der Waals surface area (Å²) in [6, 6.07) is 13.4. The lowest BCUT2D eigenvalue weighted by atomic mass is 9.96. The number of ether oxygens (including phenoxy) is 5. The number of rotatable bonds is 15. The van der Waals surface area contributed by atoms with Crippen molar-refractivity contribution in [1.82, 2.24) is 10.6 Å². The lowest BCUT2D eigenvalue weighted by Crippen LogP contribution is -2.67. The second-order valence-electron chi connectivity index (χ2n) is 10.5. The van der Waals surface area contributed by atoms with Crippen LogP contribution in [0.5, 0.6) is 11.5 Å². The largest absolute Gasteiger partial charge is 0.590 e. The number of hydrogen-bond acceptors (Lipinski definition) is 14. The Morgan fingerprint density at radius 3 is 1.90 bits per heavy atom. The number of phosphoric ester groups is 1. The summed E-state index contributed by atoms with van der Waals surface area (Å²) in [4.78, 5) is 61.6. The number of esters is 3. The summed E-state index contributed by atoms with van der Waals surface area (Å²) in [7, 11) is -3.56. The monoisotopic (exact) mass is 694 g/mol. The van der Waals surface area contributed by atoms with Crippen LogP contribution in [0.3, 0.4) is 0 Å². The van der Waals surface area contributed by atoms with Gasteiger partial charge in [0.2, 0.25) is 11.8 Å². The average Bonchev–Trinajstić information content (AvgIpc) is 3.02. The van der Waals surface area contributed by atoms with Crippen LogP contribution >= 0.6 is 7.82 Å². The Labute approximate surface area is 277 Å². The topological polar surface area (TPSA) is 200 Å². The maximum absolute atomic E-state index is 14.4. The van der Waals surface area contributed by atoms with Crippen LogP contribution in [0.2, 0.25) is 0 Å². The van der Waals surface area contributed by atoms with Crippen molar-refractivity contribution in [2.75, 3.05) is 13.7 Å². The summed E-state index contributed by atoms with van der Waals surface area (Å²) in [5, 5.41) is 5.02. The Kier molecular flexibility index (Phi) is 13.9. The summed E-state index contributed by atoms with van der Waals surface area (Å²) in [6.07, 6.45) is -7.39. The quantitative estimate of drug-likeness (QED) is 0.156. The Hall–Kier alpha value is -4.50. The number of amides is 2. The van der Waals surface area contributed by atoms with Crippen LogP contribution in [-0.4, -0.2) is 86.2 Å². The number of methoxy groups -OCH3 is 1. The predicted molar refractivity (Wildman–Crippen MR) is 165 cm³/mol. The lowest BCUT2D eigenvalue weighted by molar-refractivity contribution is -0.266. The van der Waals surface area contributed by atoms with Crippen molar-refractivity contribution in [1.29, 1.82) is 0 Å². The molecule has 0 aliphatic carbocycles. The molecule has 48 heavy (non-hydrogen) atoms. The third-order valence-corrected chi connectivity index (χ3v) is 7.90. The van der Waals surface area contributed by atoms with Crippen molar-refractivity contribution >= 4 is 37.5 Å². The maximum Gasteiger partial charge on any atom is 0.590 e. The minimum absolute atomic E-state index is 0.0933. The van der Waals surface area contributed by atoms with Crippen molar-refractivity contribution < 1.29 is 65.8 Å². The molecule has 0 aromatic heterocycles. The van der Waals surface area contributed by atoms with Gasteiger partial charge in [-0.1, -0.05) is 36.4 Å². The molecule has 1 aliphatic heterocycles. The third-order valence-electron chi connectivity index (χ3n) is 6.57. The molecule has 1 heterocycles. The van der Waals surface area contributed by atoms with Crippen LogP contribution in [0.1, 0.15) is 34.6 Å². The van der Waals surface area contributed by atoms with Crippen molar-refractivity contribution in [3.63, 3.8) is 0 Å². The molecule has 1 saturated heterocycles. The van der Waals surface area contributed by atoms with E-state index in [9.17, 15) is 28.5 Å². The number of carbonyl (C=O) groups is 5. The first-order valence-electron chi connectivity index (χ1n) is 14.8. The molecule has 7 atom stereocenters. The first kappa shape index (κ1) is 38.0. The minimum Gasteiger partial charge on any atom is -0.467 e. The van der Waals surface area contributed by atoms with Crippen LogP contribution in [0.4, 0.5) is 0 Å². The van der Waals surface area contributed by atoms with E-state index in [1.807, 2.05) is 0 Å². The van der Waals surface area contributed by atoms with Crippen molar-refractivity contribution in [3.05, 3.63) is 60.7 Å². The van der Waals surface area contributed by atoms with Crippen LogP contribution in [0, 0.1) is 0 Å². The molecule has 0 spiro atoms. The highest BCUT2D eigenvalue weighted by Gasteiger charge is 2.54. The highest BCUT2D eigenvalue weighted by molar-refractivity contribution is 7.49. The molecule has 2 aromatic rings. The van der Waals surface area contributed by atoms with Gasteiger partial charge in [-0.15, -0.1) is 0 Å². The molecule has 0 radical (unpaired) electrons. The summed E-state index contributed by atoms with van der Waals surface area (Å²) in [5.74, 6) is -3.49. The number of carbonyl (C=O) groups excluding carboxylic acids is 5. The van der Waals surface area contributed by atoms with Crippen molar-refractivity contribution in [2.45, 2.75) is 77.4 Å². The predicted octanol–water partition coefficient (Wildman–Crippen LogP) is 2.44. The van der Waals surface area contributed by atoms with Gasteiger partial charge in [-0.25, -0.2) is 13.9 Å². The first-order valence-corrected chi connectivity index (χ1v) is 16.2. The molecule has 2 amide bonds. The van der Waals surface area contributed by atoms with Gasteiger partial charge in [0.25, 0.3) is 0 Å². The minimum atomic E-state index is -4.72. The van der Waals surface area contributed by atoms with Crippen LogP contribution in [-0.2, 0) is 56.7 Å². The molecule has 2 N–H and O–H groups in total. The number of phosphoric acid groups is 1. The fourth-order valence-electron chi connectivity index (χ4n) is 4.48. The number of para-hydroxylation sites is 2. The van der Waals surface area contributed by atoms with E-state index in [4.69, 9.17) is 32.5 Å². The van der Waals surface area contributed by atoms with Gasteiger partial charge in [-0.2, -0.15) is 0 Å². The Morgan fingerprint density at radius 2 is 1.42 bits per heavy atom. The van der Waals surface area contributed by atoms with Crippen molar-refractivity contribution in [2.24, 2.45) is 0 Å². The molecule has 2 aromatic carbocycles. The number of hydrogen-bond donors (Lipinski definition) is 2. The lowest BCUT2D eigenvalue weighted by Gasteiger charge is -2.46. The number of benzene rings is 2. The summed E-state index contributed by atoms with van der Waals surface area (Å²) < 4.78 is 59.2. The molecule has 16 nitrogen and oxygen atoms in total. The van der Waals surface area contributed by atoms with E-state index in [0.717, 1.165) is 27.9 Å². The van der Waals surface area contributed by atoms with Crippen LogP contribution in [0.15, 0.2) is 60.7 Å². The van der Waals surface area contributed by atoms with E-state index >= 15 is 0 Å². The summed E-state index contributed by atoms with van der Waals surface area (Å²) in [5.41, 5.74) is 0. The van der Waals surface area contributed by atoms with Gasteiger partial charge >= 0.3 is 25.7 Å². The fraction of sp³-hybridized carbons (Fsp3) is 0.452. The zero-order chi connectivity index (χ0) is 35.4. The molecule has 1 fully saturated rings. The second kappa shape index (κ2) is 17.6. The molecule has 0 unspecified atom stereocenters. The van der Waals surface area contributed by atoms with E-state index in [1.165, 1.54) is 38.1 Å². The zero-order valence-corrected chi connectivity index (χ0v) is 28.1. The molecular formula is C31H39N2O14P. The Bertz CT molecular complexity index is 1410. The third kappa shape index (κ3) is 11.3. The molecule has 262 valence electrons. The summed E-state index contributed by atoms with van der Waals surface area (Å²) in [6.45, 7) is 5.60. The molecule has 3 rings (SSSR count). The fourth-order valence-corrected chi connectivity index (χ4v) is 5.80. The Morgan fingerprint density at radius 1 is 0.854 bits per heavy atom. The normalized spacial score (nSPS) is 21.8. The molecular weight excluding hydrogens is 655 g/mol. The highest BCUT2D eigenvalue weighted by Crippen LogP contribution is 2.52. The standard InChI is InChI=1S/C31H39N2O14P/c1-18(30(38)40-6)32-29(37)19(2)42-28-26(33-20(3)34)31(44-25(17-41-21(4)35)27(28)43-22(5)36)47-48(39,45-23-13-9-7-10-14-23)46-24-15-11-8-12-16-24/h7-16,18-19,25-28,31H,17H2,1-6H3,(H,32,37)(H,33,34)/t18-,19+,25+,26+,27+,28+,31+/m0/s1. The SMILES string of the molecule is COC(=O)[C@H](C)NC(=O)[C@@H](C)O[C@@H]1[C@@H](NC(C)=O)[C@@H](OP(=O)(Oc2ccccc2)Oc2ccccc2)O[C@H](COC(C)=O)[C@H]1OC(C)=O. The van der Waals surface area contributed by atoms with Crippen LogP contribution in [0.25, 0.3) is 0 Å². The van der Waals surface area contributed by atoms with E-state index in [1.54, 1.807) is 36.4 Å². The van der Waals surface area contributed by atoms with Gasteiger partial charge in [0.05, 0.1) is 7.11 Å². The van der Waals surface area contributed by atoms with Gasteiger partial charge in [0.1, 0.15) is 48.5 Å². The average molecular weight is 695 g/mol. The van der Waals surface area contributed by atoms with Gasteiger partial charge in [-0.05, 0) is 38.1 Å². The molecule has 0 bridgehead atoms. The molecule has 1 aliphatic rings. The second-order valence-corrected chi connectivity index (χ2v) is 12.0. The zero-order valence-electron chi connectivity index (χ0n) is 27.2. The van der Waals surface area contributed by atoms with Crippen molar-refractivity contribution in [3.8, 4) is 11.5 Å². The Balaban J connectivity index is 2.07. The van der Waals surface area contributed by atoms with Gasteiger partial charge in [0, 0.05) is 20.8 Å². The smallest absolute Gasteiger partial charge is 0.467 e. The molecule has 0 saturated carbocycles. The highest BCUT2D eigenvalue weighted by atomic mass is 31.2. The number of nitrogens with one attached hydrogen (secondary N) is 2. The van der Waals surface area contributed by atoms with E-state index in [0.29, 0.717) is 0 Å². The van der Waals surface area contributed by atoms with E-state index < -0.39 is 86.9 Å². The van der Waals surface area contributed by atoms with Gasteiger partial charge in [-0.3, -0.25) is 19.2 Å².